The van der Waals surface area contributed by atoms with E-state index in [0.717, 1.165) is 6.07 Å². The highest BCUT2D eigenvalue weighted by atomic mass is 35.5. The van der Waals surface area contributed by atoms with Gasteiger partial charge in [0.15, 0.2) is 0 Å². The Kier molecular flexibility index (Phi) is 9.41. The molecular formula is C22H20Cl2F3N3O3. The lowest BCUT2D eigenvalue weighted by atomic mass is 10.2. The number of esters is 1. The number of carbonyl (C=O) groups excluding carboxylic acids is 1. The van der Waals surface area contributed by atoms with Crippen LogP contribution in [0.25, 0.3) is 5.65 Å². The molecule has 0 spiro atoms. The van der Waals surface area contributed by atoms with Gasteiger partial charge in [0.1, 0.15) is 17.1 Å². The van der Waals surface area contributed by atoms with E-state index in [2.05, 4.69) is 26.9 Å². The highest BCUT2D eigenvalue weighted by molar-refractivity contribution is 6.32. The van der Waals surface area contributed by atoms with Crippen LogP contribution in [0.1, 0.15) is 23.9 Å². The largest absolute Gasteiger partial charge is 0.573 e. The zero-order chi connectivity index (χ0) is 23.1. The number of hydrogen-bond donors (Lipinski definition) is 1. The number of benzene rings is 1. The molecule has 3 rings (SSSR count). The molecule has 11 heteroatoms. The minimum atomic E-state index is -4.86. The van der Waals surface area contributed by atoms with Gasteiger partial charge in [0.25, 0.3) is 0 Å². The van der Waals surface area contributed by atoms with E-state index in [4.69, 9.17) is 16.3 Å². The number of halogens is 5. The van der Waals surface area contributed by atoms with Gasteiger partial charge in [0.05, 0.1) is 23.9 Å². The van der Waals surface area contributed by atoms with Crippen LogP contribution in [-0.2, 0) is 16.0 Å². The second-order valence-corrected chi connectivity index (χ2v) is 6.92. The van der Waals surface area contributed by atoms with E-state index in [1.165, 1.54) is 12.1 Å². The monoisotopic (exact) mass is 501 g/mol. The Balaban J connectivity index is 0.00000385. The number of nitrogens with one attached hydrogen (secondary N) is 1. The molecule has 0 bridgehead atoms. The SMILES string of the molecule is CCOC(=O)CNCCc1nc2ccccn2c1C#Cc1ccc(Cl)c(OC(F)(F)F)c1.Cl. The van der Waals surface area contributed by atoms with E-state index < -0.39 is 12.1 Å². The molecule has 0 radical (unpaired) electrons. The smallest absolute Gasteiger partial charge is 0.465 e. The highest BCUT2D eigenvalue weighted by Gasteiger charge is 2.32. The average Bonchev–Trinajstić information content (AvgIpc) is 3.08. The van der Waals surface area contributed by atoms with E-state index in [0.29, 0.717) is 42.2 Å². The summed E-state index contributed by atoms with van der Waals surface area (Å²) >= 11 is 5.79. The summed E-state index contributed by atoms with van der Waals surface area (Å²) < 4.78 is 48.3. The first-order chi connectivity index (χ1) is 15.3. The van der Waals surface area contributed by atoms with Gasteiger partial charge in [-0.3, -0.25) is 9.20 Å². The van der Waals surface area contributed by atoms with Crippen LogP contribution in [0.3, 0.4) is 0 Å². The number of fused-ring (bicyclic) bond motifs is 1. The van der Waals surface area contributed by atoms with Gasteiger partial charge in [-0.05, 0) is 43.2 Å². The van der Waals surface area contributed by atoms with Gasteiger partial charge in [-0.25, -0.2) is 4.98 Å². The lowest BCUT2D eigenvalue weighted by Gasteiger charge is -2.10. The molecule has 0 saturated heterocycles. The number of ether oxygens (including phenoxy) is 2. The maximum Gasteiger partial charge on any atom is 0.573 e. The van der Waals surface area contributed by atoms with Gasteiger partial charge in [-0.15, -0.1) is 25.6 Å². The van der Waals surface area contributed by atoms with Gasteiger partial charge in [-0.2, -0.15) is 0 Å². The van der Waals surface area contributed by atoms with Crippen molar-refractivity contribution >= 4 is 35.6 Å². The van der Waals surface area contributed by atoms with Crippen molar-refractivity contribution in [3.05, 3.63) is 64.6 Å². The number of rotatable bonds is 7. The second kappa shape index (κ2) is 11.8. The first kappa shape index (κ1) is 26.3. The predicted molar refractivity (Wildman–Crippen MR) is 120 cm³/mol. The van der Waals surface area contributed by atoms with Gasteiger partial charge in [0, 0.05) is 24.7 Å². The number of carbonyl (C=O) groups is 1. The minimum Gasteiger partial charge on any atom is -0.465 e. The molecule has 3 aromatic rings. The third kappa shape index (κ3) is 7.56. The maximum atomic E-state index is 12.6. The number of pyridine rings is 1. The van der Waals surface area contributed by atoms with E-state index in [1.54, 1.807) is 17.5 Å². The van der Waals surface area contributed by atoms with Crippen molar-refractivity contribution < 1.29 is 27.4 Å². The summed E-state index contributed by atoms with van der Waals surface area (Å²) in [5.74, 6) is 4.96. The van der Waals surface area contributed by atoms with Crippen molar-refractivity contribution in [1.29, 1.82) is 0 Å². The van der Waals surface area contributed by atoms with E-state index >= 15 is 0 Å². The van der Waals surface area contributed by atoms with Crippen molar-refractivity contribution in [1.82, 2.24) is 14.7 Å². The van der Waals surface area contributed by atoms with Crippen LogP contribution in [0.15, 0.2) is 42.6 Å². The van der Waals surface area contributed by atoms with Gasteiger partial charge < -0.3 is 14.8 Å². The van der Waals surface area contributed by atoms with E-state index in [1.807, 2.05) is 18.2 Å². The van der Waals surface area contributed by atoms with Crippen LogP contribution in [-0.4, -0.2) is 41.4 Å². The molecule has 0 fully saturated rings. The fourth-order valence-corrected chi connectivity index (χ4v) is 3.03. The standard InChI is InChI=1S/C22H19ClF3N3O3.ClH/c1-2-31-21(30)14-27-11-10-17-18(29-12-4-3-5-20(29)28-17)9-7-15-6-8-16(23)19(13-15)32-22(24,25)26;/h3-6,8,12-13,27H,2,10-11,14H2,1H3;1H. The molecule has 0 aliphatic heterocycles. The van der Waals surface area contributed by atoms with Crippen LogP contribution in [0, 0.1) is 11.8 Å². The van der Waals surface area contributed by atoms with Crippen LogP contribution < -0.4 is 10.1 Å². The molecule has 2 heterocycles. The summed E-state index contributed by atoms with van der Waals surface area (Å²) in [5, 5.41) is 2.82. The average molecular weight is 502 g/mol. The van der Waals surface area contributed by atoms with Crippen LogP contribution in [0.5, 0.6) is 5.75 Å². The molecule has 1 N–H and O–H groups in total. The van der Waals surface area contributed by atoms with Crippen molar-refractivity contribution in [2.75, 3.05) is 19.7 Å². The summed E-state index contributed by atoms with van der Waals surface area (Å²) in [6.45, 7) is 2.59. The Bertz CT molecular complexity index is 1170. The lowest BCUT2D eigenvalue weighted by Crippen LogP contribution is -2.26. The number of aromatic nitrogens is 2. The molecule has 0 unspecified atom stereocenters. The fourth-order valence-electron chi connectivity index (χ4n) is 2.88. The van der Waals surface area contributed by atoms with Gasteiger partial charge >= 0.3 is 12.3 Å². The molecule has 33 heavy (non-hydrogen) atoms. The Morgan fingerprint density at radius 2 is 2.03 bits per heavy atom. The summed E-state index contributed by atoms with van der Waals surface area (Å²) in [6.07, 6.45) is -2.59. The van der Waals surface area contributed by atoms with Crippen molar-refractivity contribution in [3.63, 3.8) is 0 Å². The molecule has 0 aliphatic carbocycles. The molecule has 2 aromatic heterocycles. The normalized spacial score (nSPS) is 10.8. The van der Waals surface area contributed by atoms with Crippen LogP contribution in [0.4, 0.5) is 13.2 Å². The summed E-state index contributed by atoms with van der Waals surface area (Å²) in [5.41, 5.74) is 2.24. The molecule has 0 saturated carbocycles. The Hall–Kier alpha value is -2.93. The zero-order valence-corrected chi connectivity index (χ0v) is 19.0. The summed E-state index contributed by atoms with van der Waals surface area (Å²) in [4.78, 5) is 16.0. The first-order valence-electron chi connectivity index (χ1n) is 9.66. The van der Waals surface area contributed by atoms with Crippen molar-refractivity contribution in [2.45, 2.75) is 19.7 Å². The molecule has 1 aromatic carbocycles. The van der Waals surface area contributed by atoms with Crippen molar-refractivity contribution in [3.8, 4) is 17.6 Å². The first-order valence-corrected chi connectivity index (χ1v) is 10.0. The molecule has 0 amide bonds. The Morgan fingerprint density at radius 1 is 1.24 bits per heavy atom. The fraction of sp³-hybridized carbons (Fsp3) is 0.273. The second-order valence-electron chi connectivity index (χ2n) is 6.51. The molecule has 0 aliphatic rings. The Morgan fingerprint density at radius 3 is 2.76 bits per heavy atom. The van der Waals surface area contributed by atoms with E-state index in [-0.39, 0.29) is 29.9 Å². The third-order valence-electron chi connectivity index (χ3n) is 4.20. The number of hydrogen-bond acceptors (Lipinski definition) is 5. The third-order valence-corrected chi connectivity index (χ3v) is 4.51. The van der Waals surface area contributed by atoms with Crippen LogP contribution >= 0.6 is 24.0 Å². The quantitative estimate of drug-likeness (QED) is 0.295. The summed E-state index contributed by atoms with van der Waals surface area (Å²) in [6, 6.07) is 9.40. The molecule has 176 valence electrons. The van der Waals surface area contributed by atoms with Crippen LogP contribution in [0.2, 0.25) is 5.02 Å². The highest BCUT2D eigenvalue weighted by Crippen LogP contribution is 2.30. The van der Waals surface area contributed by atoms with Gasteiger partial charge in [-0.1, -0.05) is 23.6 Å². The Labute approximate surface area is 199 Å². The number of alkyl halides is 3. The molecular weight excluding hydrogens is 482 g/mol. The van der Waals surface area contributed by atoms with E-state index in [9.17, 15) is 18.0 Å². The lowest BCUT2D eigenvalue weighted by molar-refractivity contribution is -0.274. The number of nitrogens with zero attached hydrogens (tertiary/aromatic N) is 2. The number of imidazole rings is 1. The predicted octanol–water partition coefficient (Wildman–Crippen LogP) is 4.40. The topological polar surface area (TPSA) is 64.9 Å². The molecule has 0 atom stereocenters. The zero-order valence-electron chi connectivity index (χ0n) is 17.4. The molecule has 6 nitrogen and oxygen atoms in total. The van der Waals surface area contributed by atoms with Gasteiger partial charge in [0.2, 0.25) is 0 Å². The summed E-state index contributed by atoms with van der Waals surface area (Å²) in [7, 11) is 0. The maximum absolute atomic E-state index is 12.6. The minimum absolute atomic E-state index is 0. The van der Waals surface area contributed by atoms with Crippen molar-refractivity contribution in [2.24, 2.45) is 0 Å².